The van der Waals surface area contributed by atoms with Gasteiger partial charge in [-0.05, 0) is 25.5 Å². The van der Waals surface area contributed by atoms with Crippen molar-refractivity contribution < 1.29 is 14.1 Å². The van der Waals surface area contributed by atoms with Crippen LogP contribution in [0.5, 0.6) is 0 Å². The van der Waals surface area contributed by atoms with Gasteiger partial charge in [0, 0.05) is 23.9 Å². The van der Waals surface area contributed by atoms with Crippen LogP contribution in [0.4, 0.5) is 0 Å². The quantitative estimate of drug-likeness (QED) is 0.584. The summed E-state index contributed by atoms with van der Waals surface area (Å²) in [6.07, 6.45) is 9.22. The van der Waals surface area contributed by atoms with E-state index in [4.69, 9.17) is 4.74 Å². The Kier molecular flexibility index (Phi) is 5.03. The van der Waals surface area contributed by atoms with Crippen LogP contribution >= 0.6 is 0 Å². The van der Waals surface area contributed by atoms with Gasteiger partial charge in [0.05, 0.1) is 17.5 Å². The van der Waals surface area contributed by atoms with E-state index in [1.54, 1.807) is 15.8 Å². The molecule has 2 aliphatic rings. The van der Waals surface area contributed by atoms with Crippen LogP contribution in [-0.4, -0.2) is 34.4 Å². The molecule has 3 heterocycles. The number of nitrogens with zero attached hydrogens (tertiary/aromatic N) is 5. The van der Waals surface area contributed by atoms with E-state index in [2.05, 4.69) is 15.1 Å². The first kappa shape index (κ1) is 18.7. The number of hydrazone groups is 1. The fourth-order valence-corrected chi connectivity index (χ4v) is 2.89. The van der Waals surface area contributed by atoms with E-state index in [1.807, 2.05) is 81.0 Å². The number of rotatable bonds is 5. The van der Waals surface area contributed by atoms with Gasteiger partial charge in [-0.3, -0.25) is 0 Å². The molecule has 7 heteroatoms. The van der Waals surface area contributed by atoms with Gasteiger partial charge in [0.25, 0.3) is 0 Å². The fourth-order valence-electron chi connectivity index (χ4n) is 2.89. The number of esters is 1. The summed E-state index contributed by atoms with van der Waals surface area (Å²) in [5.41, 5.74) is 2.29. The molecule has 1 aromatic heterocycles. The third kappa shape index (κ3) is 4.63. The third-order valence-corrected chi connectivity index (χ3v) is 4.48. The lowest BCUT2D eigenvalue weighted by Crippen LogP contribution is -2.38. The summed E-state index contributed by atoms with van der Waals surface area (Å²) >= 11 is 0. The van der Waals surface area contributed by atoms with Gasteiger partial charge in [0.1, 0.15) is 6.61 Å². The largest absolute Gasteiger partial charge is 0.456 e. The predicted molar refractivity (Wildman–Crippen MR) is 110 cm³/mol. The van der Waals surface area contributed by atoms with Crippen molar-refractivity contribution in [3.8, 4) is 0 Å². The second-order valence-electron chi connectivity index (χ2n) is 7.37. The number of aliphatic imine (C=N–C) groups is 2. The molecule has 0 amide bonds. The maximum absolute atomic E-state index is 12.1. The minimum Gasteiger partial charge on any atom is -0.456 e. The van der Waals surface area contributed by atoms with E-state index in [0.717, 1.165) is 16.8 Å². The number of fused-ring (bicyclic) bond motifs is 1. The van der Waals surface area contributed by atoms with Crippen molar-refractivity contribution in [1.29, 1.82) is 0 Å². The van der Waals surface area contributed by atoms with Gasteiger partial charge in [-0.25, -0.2) is 19.8 Å². The van der Waals surface area contributed by atoms with Gasteiger partial charge in [0.15, 0.2) is 12.4 Å². The van der Waals surface area contributed by atoms with Crippen LogP contribution in [0.25, 0.3) is 0 Å². The Hall–Kier alpha value is -3.61. The molecular weight excluding hydrogens is 366 g/mol. The Morgan fingerprint density at radius 1 is 1.14 bits per heavy atom. The molecule has 1 aromatic carbocycles. The highest BCUT2D eigenvalue weighted by Gasteiger charge is 2.24. The summed E-state index contributed by atoms with van der Waals surface area (Å²) in [7, 11) is 0. The highest BCUT2D eigenvalue weighted by molar-refractivity contribution is 6.40. The van der Waals surface area contributed by atoms with E-state index in [1.165, 1.54) is 0 Å². The number of carbonyl (C=O) groups is 1. The van der Waals surface area contributed by atoms with Gasteiger partial charge >= 0.3 is 5.97 Å². The molecule has 0 fully saturated rings. The van der Waals surface area contributed by atoms with Gasteiger partial charge in [-0.15, -0.1) is 0 Å². The normalized spacial score (nSPS) is 16.7. The zero-order chi connectivity index (χ0) is 20.3. The van der Waals surface area contributed by atoms with Gasteiger partial charge < -0.3 is 4.74 Å². The van der Waals surface area contributed by atoms with E-state index in [-0.39, 0.29) is 24.7 Å². The van der Waals surface area contributed by atoms with Crippen molar-refractivity contribution in [3.63, 3.8) is 0 Å². The van der Waals surface area contributed by atoms with E-state index >= 15 is 0 Å². The van der Waals surface area contributed by atoms with Crippen molar-refractivity contribution in [1.82, 2.24) is 5.01 Å². The van der Waals surface area contributed by atoms with Crippen molar-refractivity contribution >= 4 is 23.9 Å². The lowest BCUT2D eigenvalue weighted by molar-refractivity contribution is -0.686. The maximum Gasteiger partial charge on any atom is 0.373 e. The molecule has 29 heavy (non-hydrogen) atoms. The summed E-state index contributed by atoms with van der Waals surface area (Å²) in [6, 6.07) is 13.4. The van der Waals surface area contributed by atoms with Crippen LogP contribution in [0.15, 0.2) is 82.2 Å². The standard InChI is InChI=1S/C22H22N5O2/c1-22(2)10-13-27-21(25-22)24-19(14-23-27)18-8-11-26(12-9-18)15-20(28)29-16-17-6-4-3-5-7-17/h3-14H,15-16H2,1-2H3/q+1. The fraction of sp³-hybridized carbons (Fsp3) is 0.227. The number of carbonyl (C=O) groups excluding carboxylic acids is 1. The predicted octanol–water partition coefficient (Wildman–Crippen LogP) is 2.47. The van der Waals surface area contributed by atoms with E-state index in [9.17, 15) is 4.79 Å². The van der Waals surface area contributed by atoms with E-state index in [0.29, 0.717) is 5.96 Å². The molecule has 0 saturated carbocycles. The van der Waals surface area contributed by atoms with Gasteiger partial charge in [-0.1, -0.05) is 30.3 Å². The molecule has 0 radical (unpaired) electrons. The summed E-state index contributed by atoms with van der Waals surface area (Å²) in [5, 5.41) is 6.03. The van der Waals surface area contributed by atoms with Crippen LogP contribution < -0.4 is 4.57 Å². The minimum atomic E-state index is -0.298. The summed E-state index contributed by atoms with van der Waals surface area (Å²) in [6.45, 7) is 4.45. The highest BCUT2D eigenvalue weighted by atomic mass is 16.5. The van der Waals surface area contributed by atoms with Crippen LogP contribution in [0, 0.1) is 0 Å². The first-order valence-electron chi connectivity index (χ1n) is 9.39. The second-order valence-corrected chi connectivity index (χ2v) is 7.37. The van der Waals surface area contributed by atoms with Gasteiger partial charge in [-0.2, -0.15) is 9.67 Å². The number of guanidine groups is 1. The molecule has 0 aliphatic carbocycles. The smallest absolute Gasteiger partial charge is 0.373 e. The monoisotopic (exact) mass is 388 g/mol. The van der Waals surface area contributed by atoms with Crippen LogP contribution in [0.3, 0.4) is 0 Å². The van der Waals surface area contributed by atoms with Crippen molar-refractivity contribution in [2.75, 3.05) is 0 Å². The molecule has 7 nitrogen and oxygen atoms in total. The zero-order valence-electron chi connectivity index (χ0n) is 16.4. The molecule has 0 spiro atoms. The SMILES string of the molecule is CC1(C)C=CN2N=CC(c3cc[n+](CC(=O)OCc4ccccc4)cc3)=NC2=N1. The molecule has 2 aliphatic heterocycles. The highest BCUT2D eigenvalue weighted by Crippen LogP contribution is 2.20. The third-order valence-electron chi connectivity index (χ3n) is 4.48. The summed E-state index contributed by atoms with van der Waals surface area (Å²) in [4.78, 5) is 21.3. The van der Waals surface area contributed by atoms with Crippen molar-refractivity contribution in [2.24, 2.45) is 15.1 Å². The van der Waals surface area contributed by atoms with Gasteiger partial charge in [0.2, 0.25) is 12.5 Å². The lowest BCUT2D eigenvalue weighted by Gasteiger charge is -2.27. The molecule has 4 rings (SSSR count). The summed E-state index contributed by atoms with van der Waals surface area (Å²) < 4.78 is 7.10. The van der Waals surface area contributed by atoms with Crippen molar-refractivity contribution in [2.45, 2.75) is 32.5 Å². The summed E-state index contributed by atoms with van der Waals surface area (Å²) in [5.74, 6) is 0.278. The van der Waals surface area contributed by atoms with Crippen molar-refractivity contribution in [3.05, 3.63) is 78.3 Å². The lowest BCUT2D eigenvalue weighted by atomic mass is 10.1. The minimum absolute atomic E-state index is 0.146. The molecule has 0 atom stereocenters. The van der Waals surface area contributed by atoms with Crippen LogP contribution in [0.2, 0.25) is 0 Å². The number of benzene rings is 1. The molecule has 0 bridgehead atoms. The number of pyridine rings is 1. The second kappa shape index (κ2) is 7.79. The number of hydrogen-bond donors (Lipinski definition) is 0. The number of ether oxygens (including phenoxy) is 1. The van der Waals surface area contributed by atoms with Crippen LogP contribution in [-0.2, 0) is 22.7 Å². The molecule has 2 aromatic rings. The number of aromatic nitrogens is 1. The Morgan fingerprint density at radius 2 is 1.90 bits per heavy atom. The average molecular weight is 388 g/mol. The Morgan fingerprint density at radius 3 is 2.66 bits per heavy atom. The molecular formula is C22H22N5O2+. The first-order chi connectivity index (χ1) is 14.0. The topological polar surface area (TPSA) is 70.5 Å². The maximum atomic E-state index is 12.1. The Bertz CT molecular complexity index is 1020. The van der Waals surface area contributed by atoms with E-state index < -0.39 is 0 Å². The Labute approximate surface area is 169 Å². The Balaban J connectivity index is 1.39. The molecule has 0 N–H and O–H groups in total. The average Bonchev–Trinajstić information content (AvgIpc) is 2.72. The number of hydrogen-bond acceptors (Lipinski definition) is 6. The molecule has 146 valence electrons. The first-order valence-corrected chi connectivity index (χ1v) is 9.39. The van der Waals surface area contributed by atoms with Crippen LogP contribution in [0.1, 0.15) is 25.0 Å². The zero-order valence-corrected chi connectivity index (χ0v) is 16.4. The molecule has 0 unspecified atom stereocenters. The molecule has 0 saturated heterocycles.